The summed E-state index contributed by atoms with van der Waals surface area (Å²) in [7, 11) is 0. The second kappa shape index (κ2) is 7.52. The number of nitrogens with one attached hydrogen (secondary N) is 1. The zero-order valence-electron chi connectivity index (χ0n) is 14.1. The molecule has 0 aliphatic heterocycles. The van der Waals surface area contributed by atoms with Gasteiger partial charge in [-0.1, -0.05) is 55.3 Å². The number of hydrogen-bond acceptors (Lipinski definition) is 2. The molecule has 1 aliphatic carbocycles. The number of carbonyl (C=O) groups excluding carboxylic acids is 1. The first-order valence-electron chi connectivity index (χ1n) is 8.79. The molecule has 0 bridgehead atoms. The van der Waals surface area contributed by atoms with Crippen LogP contribution in [0.25, 0.3) is 0 Å². The molecule has 2 aromatic carbocycles. The fraction of sp³-hybridized carbons (Fsp3) is 0.381. The molecule has 0 aromatic heterocycles. The van der Waals surface area contributed by atoms with E-state index in [0.717, 1.165) is 36.8 Å². The average Bonchev–Trinajstić information content (AvgIpc) is 2.63. The Morgan fingerprint density at radius 2 is 1.71 bits per heavy atom. The van der Waals surface area contributed by atoms with E-state index in [1.54, 1.807) is 12.1 Å². The number of amides is 1. The molecule has 1 amide bonds. The summed E-state index contributed by atoms with van der Waals surface area (Å²) in [5, 5.41) is 12.7. The number of phenolic OH excluding ortho intramolecular Hbond substituents is 1. The summed E-state index contributed by atoms with van der Waals surface area (Å²) in [6, 6.07) is 17.4. The van der Waals surface area contributed by atoms with Gasteiger partial charge in [-0.15, -0.1) is 0 Å². The molecular formula is C21H25NO2. The summed E-state index contributed by atoms with van der Waals surface area (Å²) in [6.45, 7) is 2.03. The average molecular weight is 323 g/mol. The minimum absolute atomic E-state index is 0.00875. The van der Waals surface area contributed by atoms with Crippen molar-refractivity contribution >= 4 is 5.91 Å². The molecule has 1 aliphatic rings. The summed E-state index contributed by atoms with van der Waals surface area (Å²) in [5.74, 6) is 0.661. The van der Waals surface area contributed by atoms with Crippen LogP contribution in [0.4, 0.5) is 0 Å². The molecule has 2 unspecified atom stereocenters. The molecule has 2 aromatic rings. The van der Waals surface area contributed by atoms with E-state index >= 15 is 0 Å². The molecule has 3 rings (SSSR count). The van der Waals surface area contributed by atoms with Gasteiger partial charge in [-0.3, -0.25) is 4.79 Å². The highest BCUT2D eigenvalue weighted by Gasteiger charge is 2.32. The van der Waals surface area contributed by atoms with E-state index < -0.39 is 0 Å². The van der Waals surface area contributed by atoms with Gasteiger partial charge in [-0.05, 0) is 48.9 Å². The summed E-state index contributed by atoms with van der Waals surface area (Å²) in [6.07, 6.45) is 4.22. The van der Waals surface area contributed by atoms with Gasteiger partial charge in [0.15, 0.2) is 0 Å². The minimum atomic E-state index is 0.00875. The van der Waals surface area contributed by atoms with Crippen molar-refractivity contribution in [1.82, 2.24) is 5.32 Å². The highest BCUT2D eigenvalue weighted by atomic mass is 16.3. The fourth-order valence-electron chi connectivity index (χ4n) is 3.71. The van der Waals surface area contributed by atoms with Crippen molar-refractivity contribution in [1.29, 1.82) is 0 Å². The Bertz CT molecular complexity index is 666. The maximum atomic E-state index is 12.9. The molecule has 2 N–H and O–H groups in total. The van der Waals surface area contributed by atoms with Crippen LogP contribution in [0.3, 0.4) is 0 Å². The molecule has 24 heavy (non-hydrogen) atoms. The van der Waals surface area contributed by atoms with E-state index in [1.165, 1.54) is 0 Å². The third kappa shape index (κ3) is 3.78. The summed E-state index contributed by atoms with van der Waals surface area (Å²) >= 11 is 0. The monoisotopic (exact) mass is 323 g/mol. The molecule has 3 atom stereocenters. The predicted molar refractivity (Wildman–Crippen MR) is 95.8 cm³/mol. The van der Waals surface area contributed by atoms with Crippen LogP contribution in [-0.2, 0) is 4.79 Å². The van der Waals surface area contributed by atoms with Gasteiger partial charge in [0.2, 0.25) is 5.91 Å². The van der Waals surface area contributed by atoms with Crippen LogP contribution in [0.15, 0.2) is 54.6 Å². The van der Waals surface area contributed by atoms with Crippen LogP contribution in [0.5, 0.6) is 5.75 Å². The second-order valence-electron chi connectivity index (χ2n) is 6.73. The molecular weight excluding hydrogens is 298 g/mol. The number of carbonyl (C=O) groups is 1. The van der Waals surface area contributed by atoms with Crippen LogP contribution < -0.4 is 5.32 Å². The van der Waals surface area contributed by atoms with Crippen molar-refractivity contribution in [3.05, 3.63) is 65.7 Å². The van der Waals surface area contributed by atoms with Gasteiger partial charge in [0.25, 0.3) is 0 Å². The van der Waals surface area contributed by atoms with Gasteiger partial charge in [0.1, 0.15) is 5.75 Å². The Hall–Kier alpha value is -2.29. The minimum Gasteiger partial charge on any atom is -0.508 e. The van der Waals surface area contributed by atoms with E-state index in [-0.39, 0.29) is 29.5 Å². The quantitative estimate of drug-likeness (QED) is 0.867. The number of aromatic hydroxyl groups is 1. The lowest BCUT2D eigenvalue weighted by molar-refractivity contribution is -0.127. The zero-order chi connectivity index (χ0) is 16.9. The van der Waals surface area contributed by atoms with Crippen LogP contribution in [0, 0.1) is 5.92 Å². The number of rotatable bonds is 4. The van der Waals surface area contributed by atoms with E-state index in [9.17, 15) is 9.90 Å². The fourth-order valence-corrected chi connectivity index (χ4v) is 3.71. The number of phenols is 1. The maximum absolute atomic E-state index is 12.9. The predicted octanol–water partition coefficient (Wildman–Crippen LogP) is 4.54. The standard InChI is InChI=1S/C21H25NO2/c1-15(16-7-3-2-4-8-16)22-21(24)20-10-6-5-9-19(20)17-11-13-18(23)14-12-17/h2-4,7-8,11-15,19-20,23H,5-6,9-10H2,1H3,(H,22,24)/t15-,19?,20?/m0/s1. The SMILES string of the molecule is C[C@H](NC(=O)C1CCCCC1c1ccc(O)cc1)c1ccccc1. The lowest BCUT2D eigenvalue weighted by Crippen LogP contribution is -2.37. The van der Waals surface area contributed by atoms with Crippen LogP contribution in [-0.4, -0.2) is 11.0 Å². The summed E-state index contributed by atoms with van der Waals surface area (Å²) in [5.41, 5.74) is 2.28. The Morgan fingerprint density at radius 3 is 2.42 bits per heavy atom. The Labute approximate surface area is 143 Å². The van der Waals surface area contributed by atoms with Crippen molar-refractivity contribution in [3.63, 3.8) is 0 Å². The second-order valence-corrected chi connectivity index (χ2v) is 6.73. The number of hydrogen-bond donors (Lipinski definition) is 2. The first-order valence-corrected chi connectivity index (χ1v) is 8.79. The molecule has 0 saturated heterocycles. The van der Waals surface area contributed by atoms with E-state index in [4.69, 9.17) is 0 Å². The van der Waals surface area contributed by atoms with E-state index in [0.29, 0.717) is 0 Å². The van der Waals surface area contributed by atoms with Crippen LogP contribution in [0.1, 0.15) is 55.7 Å². The number of benzene rings is 2. The highest BCUT2D eigenvalue weighted by molar-refractivity contribution is 5.80. The first kappa shape index (κ1) is 16.6. The van der Waals surface area contributed by atoms with Crippen molar-refractivity contribution in [2.45, 2.75) is 44.6 Å². The molecule has 1 fully saturated rings. The third-order valence-electron chi connectivity index (χ3n) is 5.08. The van der Waals surface area contributed by atoms with Crippen LogP contribution in [0.2, 0.25) is 0 Å². The lowest BCUT2D eigenvalue weighted by Gasteiger charge is -2.32. The summed E-state index contributed by atoms with van der Waals surface area (Å²) < 4.78 is 0. The van der Waals surface area contributed by atoms with Gasteiger partial charge >= 0.3 is 0 Å². The van der Waals surface area contributed by atoms with Crippen LogP contribution >= 0.6 is 0 Å². The Morgan fingerprint density at radius 1 is 1.04 bits per heavy atom. The topological polar surface area (TPSA) is 49.3 Å². The molecule has 3 heteroatoms. The van der Waals surface area contributed by atoms with Gasteiger partial charge in [-0.25, -0.2) is 0 Å². The molecule has 126 valence electrons. The molecule has 0 radical (unpaired) electrons. The van der Waals surface area contributed by atoms with Crippen molar-refractivity contribution in [3.8, 4) is 5.75 Å². The highest BCUT2D eigenvalue weighted by Crippen LogP contribution is 2.38. The zero-order valence-corrected chi connectivity index (χ0v) is 14.1. The molecule has 0 heterocycles. The molecule has 1 saturated carbocycles. The van der Waals surface area contributed by atoms with Crippen molar-refractivity contribution in [2.75, 3.05) is 0 Å². The third-order valence-corrected chi connectivity index (χ3v) is 5.08. The summed E-state index contributed by atoms with van der Waals surface area (Å²) in [4.78, 5) is 12.9. The Balaban J connectivity index is 1.72. The van der Waals surface area contributed by atoms with Gasteiger partial charge < -0.3 is 10.4 Å². The van der Waals surface area contributed by atoms with Crippen molar-refractivity contribution in [2.24, 2.45) is 5.92 Å². The maximum Gasteiger partial charge on any atom is 0.224 e. The van der Waals surface area contributed by atoms with Gasteiger partial charge in [0, 0.05) is 5.92 Å². The van der Waals surface area contributed by atoms with Crippen molar-refractivity contribution < 1.29 is 9.90 Å². The molecule has 3 nitrogen and oxygen atoms in total. The first-order chi connectivity index (χ1) is 11.6. The van der Waals surface area contributed by atoms with Gasteiger partial charge in [-0.2, -0.15) is 0 Å². The smallest absolute Gasteiger partial charge is 0.224 e. The Kier molecular flexibility index (Phi) is 5.19. The largest absolute Gasteiger partial charge is 0.508 e. The van der Waals surface area contributed by atoms with E-state index in [2.05, 4.69) is 5.32 Å². The van der Waals surface area contributed by atoms with Gasteiger partial charge in [0.05, 0.1) is 6.04 Å². The molecule has 0 spiro atoms. The normalized spacial score (nSPS) is 21.9. The van der Waals surface area contributed by atoms with E-state index in [1.807, 2.05) is 49.4 Å². The lowest BCUT2D eigenvalue weighted by atomic mass is 9.75.